The summed E-state index contributed by atoms with van der Waals surface area (Å²) >= 11 is 0. The SMILES string of the molecule is NC(=O)c1ccccc1OCC(=O)NC1CCCCCC1. The molecule has 0 aliphatic heterocycles. The van der Waals surface area contributed by atoms with Gasteiger partial charge in [0.25, 0.3) is 11.8 Å². The largest absolute Gasteiger partial charge is 0.483 e. The molecule has 0 bridgehead atoms. The van der Waals surface area contributed by atoms with Crippen LogP contribution in [0.4, 0.5) is 0 Å². The van der Waals surface area contributed by atoms with E-state index in [9.17, 15) is 9.59 Å². The number of para-hydroxylation sites is 1. The number of rotatable bonds is 5. The highest BCUT2D eigenvalue weighted by Crippen LogP contribution is 2.18. The maximum Gasteiger partial charge on any atom is 0.258 e. The quantitative estimate of drug-likeness (QED) is 0.814. The van der Waals surface area contributed by atoms with Crippen molar-refractivity contribution in [2.75, 3.05) is 6.61 Å². The Labute approximate surface area is 124 Å². The van der Waals surface area contributed by atoms with Crippen molar-refractivity contribution >= 4 is 11.8 Å². The summed E-state index contributed by atoms with van der Waals surface area (Å²) in [5.74, 6) is -0.364. The number of hydrogen-bond acceptors (Lipinski definition) is 3. The standard InChI is InChI=1S/C16H22N2O3/c17-16(20)13-9-5-6-10-14(13)21-11-15(19)18-12-7-3-1-2-4-8-12/h5-6,9-10,12H,1-4,7-8,11H2,(H2,17,20)(H,18,19). The van der Waals surface area contributed by atoms with Gasteiger partial charge in [-0.2, -0.15) is 0 Å². The lowest BCUT2D eigenvalue weighted by molar-refractivity contribution is -0.123. The number of hydrogen-bond donors (Lipinski definition) is 2. The van der Waals surface area contributed by atoms with E-state index in [0.29, 0.717) is 11.3 Å². The van der Waals surface area contributed by atoms with Gasteiger partial charge in [0, 0.05) is 6.04 Å². The molecule has 1 aromatic rings. The summed E-state index contributed by atoms with van der Waals surface area (Å²) in [6.07, 6.45) is 6.88. The van der Waals surface area contributed by atoms with Crippen LogP contribution in [-0.2, 0) is 4.79 Å². The molecule has 114 valence electrons. The number of primary amides is 1. The van der Waals surface area contributed by atoms with Gasteiger partial charge in [-0.1, -0.05) is 37.8 Å². The molecule has 1 aliphatic rings. The zero-order chi connectivity index (χ0) is 15.1. The van der Waals surface area contributed by atoms with E-state index in [2.05, 4.69) is 5.32 Å². The summed E-state index contributed by atoms with van der Waals surface area (Å²) in [6, 6.07) is 6.92. The van der Waals surface area contributed by atoms with Crippen LogP contribution in [0, 0.1) is 0 Å². The first-order valence-corrected chi connectivity index (χ1v) is 7.48. The highest BCUT2D eigenvalue weighted by Gasteiger charge is 2.16. The Morgan fingerprint density at radius 2 is 1.81 bits per heavy atom. The molecule has 0 spiro atoms. The van der Waals surface area contributed by atoms with Crippen LogP contribution in [0.5, 0.6) is 5.75 Å². The van der Waals surface area contributed by atoms with E-state index >= 15 is 0 Å². The van der Waals surface area contributed by atoms with Gasteiger partial charge >= 0.3 is 0 Å². The van der Waals surface area contributed by atoms with E-state index in [0.717, 1.165) is 25.7 Å². The molecule has 0 radical (unpaired) electrons. The number of nitrogens with two attached hydrogens (primary N) is 1. The molecule has 21 heavy (non-hydrogen) atoms. The van der Waals surface area contributed by atoms with E-state index in [1.807, 2.05) is 0 Å². The summed E-state index contributed by atoms with van der Waals surface area (Å²) in [6.45, 7) is -0.0964. The third-order valence-electron chi connectivity index (χ3n) is 3.73. The molecule has 0 saturated heterocycles. The molecule has 5 nitrogen and oxygen atoms in total. The molecule has 1 fully saturated rings. The van der Waals surface area contributed by atoms with Gasteiger partial charge in [0.1, 0.15) is 5.75 Å². The second kappa shape index (κ2) is 7.67. The van der Waals surface area contributed by atoms with Crippen LogP contribution in [0.25, 0.3) is 0 Å². The minimum Gasteiger partial charge on any atom is -0.483 e. The van der Waals surface area contributed by atoms with Crippen LogP contribution in [0.3, 0.4) is 0 Å². The lowest BCUT2D eigenvalue weighted by Gasteiger charge is -2.16. The summed E-state index contributed by atoms with van der Waals surface area (Å²) < 4.78 is 5.42. The van der Waals surface area contributed by atoms with E-state index < -0.39 is 5.91 Å². The number of nitrogens with one attached hydrogen (secondary N) is 1. The summed E-state index contributed by atoms with van der Waals surface area (Å²) in [4.78, 5) is 23.2. The van der Waals surface area contributed by atoms with Gasteiger partial charge in [-0.05, 0) is 25.0 Å². The van der Waals surface area contributed by atoms with Gasteiger partial charge in [0.15, 0.2) is 6.61 Å². The Morgan fingerprint density at radius 3 is 2.48 bits per heavy atom. The lowest BCUT2D eigenvalue weighted by Crippen LogP contribution is -2.37. The zero-order valence-electron chi connectivity index (χ0n) is 12.1. The summed E-state index contributed by atoms with van der Waals surface area (Å²) in [7, 11) is 0. The molecule has 1 aromatic carbocycles. The van der Waals surface area contributed by atoms with Gasteiger partial charge in [-0.15, -0.1) is 0 Å². The monoisotopic (exact) mass is 290 g/mol. The highest BCUT2D eigenvalue weighted by molar-refractivity contribution is 5.95. The third kappa shape index (κ3) is 4.77. The van der Waals surface area contributed by atoms with Crippen molar-refractivity contribution in [2.45, 2.75) is 44.6 Å². The predicted molar refractivity (Wildman–Crippen MR) is 80.1 cm³/mol. The van der Waals surface area contributed by atoms with Crippen molar-refractivity contribution in [2.24, 2.45) is 5.73 Å². The van der Waals surface area contributed by atoms with E-state index in [-0.39, 0.29) is 18.6 Å². The smallest absolute Gasteiger partial charge is 0.258 e. The fraction of sp³-hybridized carbons (Fsp3) is 0.500. The highest BCUT2D eigenvalue weighted by atomic mass is 16.5. The van der Waals surface area contributed by atoms with E-state index in [1.54, 1.807) is 24.3 Å². The average molecular weight is 290 g/mol. The Morgan fingerprint density at radius 1 is 1.14 bits per heavy atom. The van der Waals surface area contributed by atoms with Gasteiger partial charge in [0.2, 0.25) is 0 Å². The topological polar surface area (TPSA) is 81.4 Å². The van der Waals surface area contributed by atoms with Crippen LogP contribution in [0.15, 0.2) is 24.3 Å². The van der Waals surface area contributed by atoms with Gasteiger partial charge < -0.3 is 15.8 Å². The predicted octanol–water partition coefficient (Wildman–Crippen LogP) is 2.00. The fourth-order valence-electron chi connectivity index (χ4n) is 2.63. The molecule has 1 saturated carbocycles. The second-order valence-corrected chi connectivity index (χ2v) is 5.41. The Balaban J connectivity index is 1.85. The van der Waals surface area contributed by atoms with Crippen molar-refractivity contribution in [1.82, 2.24) is 5.32 Å². The van der Waals surface area contributed by atoms with Crippen LogP contribution in [0.1, 0.15) is 48.9 Å². The van der Waals surface area contributed by atoms with Gasteiger partial charge in [0.05, 0.1) is 5.56 Å². The molecule has 3 N–H and O–H groups in total. The molecule has 0 unspecified atom stereocenters. The maximum absolute atomic E-state index is 11.9. The zero-order valence-corrected chi connectivity index (χ0v) is 12.1. The Hall–Kier alpha value is -2.04. The molecule has 2 amide bonds. The molecule has 0 heterocycles. The van der Waals surface area contributed by atoms with Crippen molar-refractivity contribution < 1.29 is 14.3 Å². The molecule has 5 heteroatoms. The minimum absolute atomic E-state index is 0.0964. The van der Waals surface area contributed by atoms with E-state index in [1.165, 1.54) is 12.8 Å². The van der Waals surface area contributed by atoms with Crippen molar-refractivity contribution in [3.05, 3.63) is 29.8 Å². The van der Waals surface area contributed by atoms with Crippen LogP contribution in [0.2, 0.25) is 0 Å². The molecular formula is C16H22N2O3. The van der Waals surface area contributed by atoms with Gasteiger partial charge in [-0.25, -0.2) is 0 Å². The van der Waals surface area contributed by atoms with Gasteiger partial charge in [-0.3, -0.25) is 9.59 Å². The molecular weight excluding hydrogens is 268 g/mol. The summed E-state index contributed by atoms with van der Waals surface area (Å²) in [5.41, 5.74) is 5.56. The first-order valence-electron chi connectivity index (χ1n) is 7.48. The first-order chi connectivity index (χ1) is 10.2. The maximum atomic E-state index is 11.9. The molecule has 1 aliphatic carbocycles. The summed E-state index contributed by atoms with van der Waals surface area (Å²) in [5, 5.41) is 3.00. The number of ether oxygens (including phenoxy) is 1. The van der Waals surface area contributed by atoms with Crippen molar-refractivity contribution in [3.63, 3.8) is 0 Å². The number of carbonyl (C=O) groups is 2. The number of amides is 2. The van der Waals surface area contributed by atoms with Crippen molar-refractivity contribution in [3.8, 4) is 5.75 Å². The minimum atomic E-state index is -0.560. The van der Waals surface area contributed by atoms with Crippen LogP contribution in [-0.4, -0.2) is 24.5 Å². The van der Waals surface area contributed by atoms with Crippen molar-refractivity contribution in [1.29, 1.82) is 0 Å². The Bertz CT molecular complexity index is 494. The molecule has 2 rings (SSSR count). The molecule has 0 aromatic heterocycles. The fourth-order valence-corrected chi connectivity index (χ4v) is 2.63. The van der Waals surface area contributed by atoms with Crippen LogP contribution < -0.4 is 15.8 Å². The second-order valence-electron chi connectivity index (χ2n) is 5.41. The third-order valence-corrected chi connectivity index (χ3v) is 3.73. The number of benzene rings is 1. The average Bonchev–Trinajstić information content (AvgIpc) is 2.74. The number of carbonyl (C=O) groups excluding carboxylic acids is 2. The molecule has 0 atom stereocenters. The Kier molecular flexibility index (Phi) is 5.60. The first kappa shape index (κ1) is 15.4. The normalized spacial score (nSPS) is 16.0. The lowest BCUT2D eigenvalue weighted by atomic mass is 10.1. The van der Waals surface area contributed by atoms with Crippen LogP contribution >= 0.6 is 0 Å². The van der Waals surface area contributed by atoms with E-state index in [4.69, 9.17) is 10.5 Å².